The van der Waals surface area contributed by atoms with Gasteiger partial charge in [-0.2, -0.15) is 8.42 Å². The zero-order valence-electron chi connectivity index (χ0n) is 38.6. The van der Waals surface area contributed by atoms with Crippen molar-refractivity contribution in [3.63, 3.8) is 0 Å². The van der Waals surface area contributed by atoms with Crippen molar-refractivity contribution in [2.45, 2.75) is 219 Å². The van der Waals surface area contributed by atoms with Crippen LogP contribution in [0.5, 0.6) is 0 Å². The molecule has 2 fully saturated rings. The molecule has 5 rings (SSSR count). The van der Waals surface area contributed by atoms with Gasteiger partial charge in [0.15, 0.2) is 0 Å². The lowest BCUT2D eigenvalue weighted by Crippen LogP contribution is -2.63. The molecule has 350 valence electrons. The summed E-state index contributed by atoms with van der Waals surface area (Å²) in [7, 11) is -4.92. The summed E-state index contributed by atoms with van der Waals surface area (Å²) in [5.74, 6) is -1.02. The number of carbonyl (C=O) groups excluding carboxylic acids is 2. The highest BCUT2D eigenvalue weighted by Crippen LogP contribution is 2.68. The molecule has 4 N–H and O–H groups in total. The van der Waals surface area contributed by atoms with E-state index in [0.717, 1.165) is 68.1 Å². The molecule has 0 aromatic rings. The standard InChI is InChI=1S/C48H80O12S/c1-32(27-28-48(31-57-48)45(5,6)53)35-24-25-36-34-23-26-38-44(3,4)42(60-61(54,55)56)37(30-46(38,7)40(34)41(52)43(47(35,36)8)58-33(2)50)59-39(51)22-20-18-16-14-12-10-9-11-13-15-17-19-21-29-49/h25,32,35,37-38,41-43,49,52-53H,9-24,26-31H2,1-8H3,(H,54,55,56)/t32-,35-,37-,38?,41-,42+,43+,46+,47-,48+/m1/s1. The predicted octanol–water partition coefficient (Wildman–Crippen LogP) is 8.90. The number of hydrogen-bond acceptors (Lipinski definition) is 11. The third-order valence-corrected chi connectivity index (χ3v) is 16.5. The van der Waals surface area contributed by atoms with E-state index in [4.69, 9.17) is 23.5 Å². The van der Waals surface area contributed by atoms with E-state index in [-0.39, 0.29) is 37.2 Å². The van der Waals surface area contributed by atoms with Crippen molar-refractivity contribution in [3.8, 4) is 0 Å². The van der Waals surface area contributed by atoms with Gasteiger partial charge in [-0.25, -0.2) is 4.18 Å². The second kappa shape index (κ2) is 20.1. The Hall–Kier alpha value is -1.87. The number of rotatable bonds is 24. The number of ether oxygens (including phenoxy) is 3. The van der Waals surface area contributed by atoms with E-state index in [1.807, 2.05) is 13.8 Å². The van der Waals surface area contributed by atoms with Gasteiger partial charge in [0.05, 0.1) is 12.2 Å². The van der Waals surface area contributed by atoms with E-state index in [1.54, 1.807) is 13.8 Å². The van der Waals surface area contributed by atoms with Gasteiger partial charge < -0.3 is 29.5 Å². The number of esters is 2. The molecular weight excluding hydrogens is 801 g/mol. The van der Waals surface area contributed by atoms with Crippen molar-refractivity contribution < 1.29 is 56.3 Å². The lowest BCUT2D eigenvalue weighted by Gasteiger charge is -2.62. The monoisotopic (exact) mass is 881 g/mol. The zero-order chi connectivity index (χ0) is 45.0. The average molecular weight is 881 g/mol. The normalized spacial score (nSPS) is 33.6. The number of allylic oxidation sites excluding steroid dienone is 2. The molecule has 0 spiro atoms. The third-order valence-electron chi connectivity index (χ3n) is 16.1. The fourth-order valence-corrected chi connectivity index (χ4v) is 13.3. The first-order valence-electron chi connectivity index (χ1n) is 23.7. The van der Waals surface area contributed by atoms with Crippen LogP contribution in [-0.4, -0.2) is 89.1 Å². The van der Waals surface area contributed by atoms with E-state index in [1.165, 1.54) is 45.4 Å². The average Bonchev–Trinajstić information content (AvgIpc) is 3.88. The predicted molar refractivity (Wildman–Crippen MR) is 234 cm³/mol. The second-order valence-corrected chi connectivity index (χ2v) is 22.1. The summed E-state index contributed by atoms with van der Waals surface area (Å²) in [5, 5.41) is 32.4. The van der Waals surface area contributed by atoms with Crippen molar-refractivity contribution in [2.75, 3.05) is 13.2 Å². The molecule has 0 aromatic carbocycles. The van der Waals surface area contributed by atoms with Gasteiger partial charge in [0.25, 0.3) is 0 Å². The molecule has 12 nitrogen and oxygen atoms in total. The van der Waals surface area contributed by atoms with E-state index in [9.17, 15) is 32.8 Å². The van der Waals surface area contributed by atoms with Gasteiger partial charge in [0.2, 0.25) is 0 Å². The lowest BCUT2D eigenvalue weighted by atomic mass is 9.45. The Morgan fingerprint density at radius 3 is 1.98 bits per heavy atom. The van der Waals surface area contributed by atoms with Crippen LogP contribution < -0.4 is 0 Å². The second-order valence-electron chi connectivity index (χ2n) is 21.0. The number of epoxide rings is 1. The molecular formula is C48H80O12S. The maximum atomic E-state index is 13.6. The molecule has 1 saturated carbocycles. The zero-order valence-corrected chi connectivity index (χ0v) is 39.5. The van der Waals surface area contributed by atoms with E-state index >= 15 is 0 Å². The molecule has 4 aliphatic carbocycles. The van der Waals surface area contributed by atoms with Crippen LogP contribution in [0.2, 0.25) is 0 Å². The van der Waals surface area contributed by atoms with E-state index in [2.05, 4.69) is 26.8 Å². The highest BCUT2D eigenvalue weighted by molar-refractivity contribution is 7.80. The molecule has 0 aromatic heterocycles. The largest absolute Gasteiger partial charge is 0.459 e. The summed E-state index contributed by atoms with van der Waals surface area (Å²) in [4.78, 5) is 26.4. The van der Waals surface area contributed by atoms with Gasteiger partial charge in [0, 0.05) is 25.4 Å². The first-order valence-corrected chi connectivity index (χ1v) is 25.0. The lowest BCUT2D eigenvalue weighted by molar-refractivity contribution is -0.189. The van der Waals surface area contributed by atoms with Gasteiger partial charge in [-0.05, 0) is 111 Å². The number of aliphatic hydroxyl groups excluding tert-OH is 2. The van der Waals surface area contributed by atoms with Crippen molar-refractivity contribution in [3.05, 3.63) is 22.8 Å². The van der Waals surface area contributed by atoms with Gasteiger partial charge in [-0.3, -0.25) is 14.1 Å². The Morgan fingerprint density at radius 2 is 1.48 bits per heavy atom. The SMILES string of the molecule is CC(=O)O[C@H]1[C@H](O)C2=C(CCC3C(C)(C)[C@@H](OS(=O)(=O)O)[C@H](OC(=O)CCCCCCCCCCCCCCCO)C[C@]23C)C2=CC[C@H]([C@H](C)CC[C@@]3(C(C)(C)O)CO3)[C@]21C. The fourth-order valence-electron chi connectivity index (χ4n) is 12.6. The molecule has 61 heavy (non-hydrogen) atoms. The van der Waals surface area contributed by atoms with Crippen LogP contribution >= 0.6 is 0 Å². The molecule has 1 unspecified atom stereocenters. The van der Waals surface area contributed by atoms with Crippen LogP contribution in [0.1, 0.15) is 184 Å². The Labute approximate surface area is 366 Å². The smallest absolute Gasteiger partial charge is 0.397 e. The summed E-state index contributed by atoms with van der Waals surface area (Å²) >= 11 is 0. The number of fused-ring (bicyclic) bond motifs is 4. The Morgan fingerprint density at radius 1 is 0.918 bits per heavy atom. The summed E-state index contributed by atoms with van der Waals surface area (Å²) in [6, 6.07) is 0. The molecule has 0 amide bonds. The van der Waals surface area contributed by atoms with Crippen molar-refractivity contribution >= 4 is 22.3 Å². The highest BCUT2D eigenvalue weighted by atomic mass is 32.3. The third kappa shape index (κ3) is 11.2. The number of hydrogen-bond donors (Lipinski definition) is 4. The Balaban J connectivity index is 1.30. The summed E-state index contributed by atoms with van der Waals surface area (Å²) < 4.78 is 58.3. The maximum Gasteiger partial charge on any atom is 0.397 e. The van der Waals surface area contributed by atoms with Gasteiger partial charge in [-0.1, -0.05) is 111 Å². The Bertz CT molecular complexity index is 1690. The number of carbonyl (C=O) groups is 2. The van der Waals surface area contributed by atoms with Gasteiger partial charge in [-0.15, -0.1) is 0 Å². The number of aliphatic hydroxyl groups is 3. The van der Waals surface area contributed by atoms with E-state index in [0.29, 0.717) is 32.3 Å². The highest BCUT2D eigenvalue weighted by Gasteiger charge is 2.66. The van der Waals surface area contributed by atoms with Crippen LogP contribution in [0, 0.1) is 34.0 Å². The quantitative estimate of drug-likeness (QED) is 0.0312. The summed E-state index contributed by atoms with van der Waals surface area (Å²) in [6.07, 6.45) is 15.9. The minimum absolute atomic E-state index is 0.0336. The molecule has 0 radical (unpaired) electrons. The topological polar surface area (TPSA) is 189 Å². The van der Waals surface area contributed by atoms with Crippen LogP contribution in [0.25, 0.3) is 0 Å². The van der Waals surface area contributed by atoms with Crippen LogP contribution in [-0.2, 0) is 38.4 Å². The van der Waals surface area contributed by atoms with Crippen molar-refractivity contribution in [1.82, 2.24) is 0 Å². The van der Waals surface area contributed by atoms with Crippen LogP contribution in [0.3, 0.4) is 0 Å². The first-order chi connectivity index (χ1) is 28.5. The minimum Gasteiger partial charge on any atom is -0.459 e. The molecule has 5 aliphatic rings. The summed E-state index contributed by atoms with van der Waals surface area (Å²) in [6.45, 7) is 15.8. The molecule has 10 atom stereocenters. The first kappa shape index (κ1) is 50.1. The van der Waals surface area contributed by atoms with Crippen LogP contribution in [0.4, 0.5) is 0 Å². The molecule has 1 aliphatic heterocycles. The molecule has 13 heteroatoms. The summed E-state index contributed by atoms with van der Waals surface area (Å²) in [5.41, 5.74) is -1.15. The minimum atomic E-state index is -4.92. The molecule has 1 saturated heterocycles. The number of unbranched alkanes of at least 4 members (excludes halogenated alkanes) is 12. The molecule has 0 bridgehead atoms. The fraction of sp³-hybridized carbons (Fsp3) is 0.875. The maximum absolute atomic E-state index is 13.6. The van der Waals surface area contributed by atoms with Crippen molar-refractivity contribution in [2.24, 2.45) is 34.0 Å². The Kier molecular flexibility index (Phi) is 16.5. The van der Waals surface area contributed by atoms with Crippen molar-refractivity contribution in [1.29, 1.82) is 0 Å². The van der Waals surface area contributed by atoms with Gasteiger partial charge >= 0.3 is 22.3 Å². The van der Waals surface area contributed by atoms with E-state index < -0.39 is 74.2 Å². The van der Waals surface area contributed by atoms with Gasteiger partial charge in [0.1, 0.15) is 30.0 Å². The molecule has 1 heterocycles. The van der Waals surface area contributed by atoms with Crippen LogP contribution in [0.15, 0.2) is 22.8 Å².